The number of nitrogens with zero attached hydrogens (tertiary/aromatic N) is 2. The molecule has 1 heterocycles. The van der Waals surface area contributed by atoms with Crippen LogP contribution in [0.1, 0.15) is 31.2 Å². The van der Waals surface area contributed by atoms with Gasteiger partial charge in [0.15, 0.2) is 0 Å². The highest BCUT2D eigenvalue weighted by atomic mass is 16.2. The average molecular weight is 443 g/mol. The third kappa shape index (κ3) is 8.26. The quantitative estimate of drug-likeness (QED) is 0.312. The van der Waals surface area contributed by atoms with E-state index >= 15 is 0 Å². The monoisotopic (exact) mass is 442 g/mol. The second-order valence-corrected chi connectivity index (χ2v) is 7.56. The Morgan fingerprint density at radius 1 is 0.758 bits per heavy atom. The van der Waals surface area contributed by atoms with Crippen LogP contribution in [-0.2, 0) is 4.79 Å². The number of rotatable bonds is 11. The Kier molecular flexibility index (Phi) is 9.69. The lowest BCUT2D eigenvalue weighted by atomic mass is 10.2. The van der Waals surface area contributed by atoms with E-state index in [2.05, 4.69) is 15.6 Å². The first kappa shape index (κ1) is 23.7. The molecule has 33 heavy (non-hydrogen) atoms. The van der Waals surface area contributed by atoms with E-state index in [-0.39, 0.29) is 11.9 Å². The molecule has 0 spiro atoms. The summed E-state index contributed by atoms with van der Waals surface area (Å²) in [7, 11) is 0. The van der Waals surface area contributed by atoms with Crippen molar-refractivity contribution in [2.75, 3.05) is 18.0 Å². The van der Waals surface area contributed by atoms with Crippen molar-refractivity contribution < 1.29 is 9.59 Å². The van der Waals surface area contributed by atoms with Crippen LogP contribution in [0.25, 0.3) is 6.08 Å². The molecule has 6 heteroatoms. The Hall–Kier alpha value is -3.93. The molecule has 0 fully saturated rings. The number of nitrogens with one attached hydrogen (secondary N) is 2. The minimum atomic E-state index is -0.139. The molecule has 0 unspecified atom stereocenters. The summed E-state index contributed by atoms with van der Waals surface area (Å²) >= 11 is 0. The van der Waals surface area contributed by atoms with Gasteiger partial charge in [0, 0.05) is 31.6 Å². The molecule has 3 amide bonds. The number of benzene rings is 2. The molecule has 1 aromatic heterocycles. The van der Waals surface area contributed by atoms with E-state index in [1.165, 1.54) is 6.08 Å². The zero-order valence-corrected chi connectivity index (χ0v) is 18.7. The minimum absolute atomic E-state index is 0.104. The lowest BCUT2D eigenvalue weighted by molar-refractivity contribution is -0.116. The fraction of sp³-hybridized carbons (Fsp3) is 0.222. The molecule has 3 aromatic rings. The number of aromatic nitrogens is 1. The maximum atomic E-state index is 12.9. The van der Waals surface area contributed by atoms with Gasteiger partial charge in [0.25, 0.3) is 0 Å². The van der Waals surface area contributed by atoms with Gasteiger partial charge in [-0.05, 0) is 54.8 Å². The molecular weight excluding hydrogens is 412 g/mol. The van der Waals surface area contributed by atoms with Crippen LogP contribution in [0.4, 0.5) is 16.2 Å². The number of amides is 3. The van der Waals surface area contributed by atoms with E-state index in [0.29, 0.717) is 13.1 Å². The number of anilines is 2. The van der Waals surface area contributed by atoms with E-state index in [9.17, 15) is 9.59 Å². The fourth-order valence-electron chi connectivity index (χ4n) is 3.33. The van der Waals surface area contributed by atoms with Gasteiger partial charge in [-0.1, -0.05) is 55.3 Å². The number of carbonyl (C=O) groups is 2. The Morgan fingerprint density at radius 3 is 1.94 bits per heavy atom. The van der Waals surface area contributed by atoms with E-state index < -0.39 is 0 Å². The summed E-state index contributed by atoms with van der Waals surface area (Å²) in [6.45, 7) is 1.24. The van der Waals surface area contributed by atoms with Crippen molar-refractivity contribution in [3.05, 3.63) is 96.8 Å². The second-order valence-electron chi connectivity index (χ2n) is 7.56. The van der Waals surface area contributed by atoms with Crippen LogP contribution in [0.5, 0.6) is 0 Å². The zero-order valence-electron chi connectivity index (χ0n) is 18.7. The van der Waals surface area contributed by atoms with Gasteiger partial charge in [0.2, 0.25) is 5.91 Å². The molecule has 0 aliphatic rings. The summed E-state index contributed by atoms with van der Waals surface area (Å²) in [5.74, 6) is -0.104. The molecule has 0 aliphatic heterocycles. The van der Waals surface area contributed by atoms with Crippen LogP contribution in [-0.4, -0.2) is 30.0 Å². The largest absolute Gasteiger partial charge is 0.353 e. The highest BCUT2D eigenvalue weighted by molar-refractivity contribution is 5.99. The smallest absolute Gasteiger partial charge is 0.326 e. The van der Waals surface area contributed by atoms with Crippen LogP contribution >= 0.6 is 0 Å². The predicted octanol–water partition coefficient (Wildman–Crippen LogP) is 5.32. The van der Waals surface area contributed by atoms with Crippen LogP contribution in [0.3, 0.4) is 0 Å². The molecule has 6 nitrogen and oxygen atoms in total. The van der Waals surface area contributed by atoms with Gasteiger partial charge < -0.3 is 10.6 Å². The van der Waals surface area contributed by atoms with Gasteiger partial charge >= 0.3 is 6.03 Å². The van der Waals surface area contributed by atoms with Gasteiger partial charge in [0.1, 0.15) is 0 Å². The number of carbonyl (C=O) groups excluding carboxylic acids is 2. The zero-order chi connectivity index (χ0) is 23.1. The lowest BCUT2D eigenvalue weighted by Gasteiger charge is -2.23. The van der Waals surface area contributed by atoms with Gasteiger partial charge in [0.05, 0.1) is 11.4 Å². The summed E-state index contributed by atoms with van der Waals surface area (Å²) in [4.78, 5) is 30.4. The van der Waals surface area contributed by atoms with Crippen LogP contribution < -0.4 is 15.5 Å². The van der Waals surface area contributed by atoms with Crippen molar-refractivity contribution >= 4 is 29.4 Å². The number of para-hydroxylation sites is 2. The topological polar surface area (TPSA) is 74.3 Å². The molecule has 3 rings (SSSR count). The van der Waals surface area contributed by atoms with E-state index in [1.54, 1.807) is 23.4 Å². The number of pyridine rings is 1. The van der Waals surface area contributed by atoms with Crippen molar-refractivity contribution in [1.82, 2.24) is 15.6 Å². The van der Waals surface area contributed by atoms with Gasteiger partial charge in [-0.3, -0.25) is 14.7 Å². The summed E-state index contributed by atoms with van der Waals surface area (Å²) in [5, 5.41) is 5.91. The molecular formula is C27H30N4O2. The number of urea groups is 1. The van der Waals surface area contributed by atoms with Crippen LogP contribution in [0.15, 0.2) is 91.3 Å². The molecule has 0 saturated heterocycles. The van der Waals surface area contributed by atoms with Crippen LogP contribution in [0.2, 0.25) is 0 Å². The van der Waals surface area contributed by atoms with Crippen molar-refractivity contribution in [2.45, 2.75) is 25.7 Å². The number of unbranched alkanes of at least 4 members (excludes halogenated alkanes) is 3. The van der Waals surface area contributed by atoms with Crippen molar-refractivity contribution in [3.63, 3.8) is 0 Å². The average Bonchev–Trinajstić information content (AvgIpc) is 2.86. The van der Waals surface area contributed by atoms with E-state index in [1.807, 2.05) is 72.8 Å². The minimum Gasteiger partial charge on any atom is -0.353 e. The molecule has 0 bridgehead atoms. The fourth-order valence-corrected chi connectivity index (χ4v) is 3.33. The second kappa shape index (κ2) is 13.5. The lowest BCUT2D eigenvalue weighted by Crippen LogP contribution is -2.37. The van der Waals surface area contributed by atoms with Crippen molar-refractivity contribution in [1.29, 1.82) is 0 Å². The SMILES string of the molecule is O=C(C=Cc1cccnc1)NCCCCCCNC(=O)N(c1ccccc1)c1ccccc1. The maximum absolute atomic E-state index is 12.9. The molecule has 2 aromatic carbocycles. The van der Waals surface area contributed by atoms with Crippen LogP contribution in [0, 0.1) is 0 Å². The van der Waals surface area contributed by atoms with Crippen molar-refractivity contribution in [2.24, 2.45) is 0 Å². The third-order valence-electron chi connectivity index (χ3n) is 5.02. The van der Waals surface area contributed by atoms with Crippen molar-refractivity contribution in [3.8, 4) is 0 Å². The van der Waals surface area contributed by atoms with Gasteiger partial charge in [-0.15, -0.1) is 0 Å². The molecule has 0 saturated carbocycles. The standard InChI is InChI=1S/C27H30N4O2/c32-26(18-17-23-12-11-19-28-22-23)29-20-9-1-2-10-21-30-27(33)31(24-13-5-3-6-14-24)25-15-7-4-8-16-25/h3-8,11-19,22H,1-2,9-10,20-21H2,(H,29,32)(H,30,33). The highest BCUT2D eigenvalue weighted by Crippen LogP contribution is 2.24. The predicted molar refractivity (Wildman–Crippen MR) is 133 cm³/mol. The molecule has 0 aliphatic carbocycles. The number of hydrogen-bond acceptors (Lipinski definition) is 3. The Balaban J connectivity index is 1.32. The normalized spacial score (nSPS) is 10.7. The Bertz CT molecular complexity index is 969. The molecule has 0 atom stereocenters. The van der Waals surface area contributed by atoms with E-state index in [4.69, 9.17) is 0 Å². The summed E-state index contributed by atoms with van der Waals surface area (Å²) < 4.78 is 0. The molecule has 0 radical (unpaired) electrons. The highest BCUT2D eigenvalue weighted by Gasteiger charge is 2.16. The first-order chi connectivity index (χ1) is 16.2. The molecule has 2 N–H and O–H groups in total. The Morgan fingerprint density at radius 2 is 1.36 bits per heavy atom. The first-order valence-corrected chi connectivity index (χ1v) is 11.3. The van der Waals surface area contributed by atoms with Gasteiger partial charge in [-0.25, -0.2) is 4.79 Å². The first-order valence-electron chi connectivity index (χ1n) is 11.3. The summed E-state index contributed by atoms with van der Waals surface area (Å²) in [6.07, 6.45) is 10.4. The molecule has 170 valence electrons. The third-order valence-corrected chi connectivity index (χ3v) is 5.02. The number of hydrogen-bond donors (Lipinski definition) is 2. The maximum Gasteiger partial charge on any atom is 0.326 e. The Labute approximate surface area is 195 Å². The van der Waals surface area contributed by atoms with Gasteiger partial charge in [-0.2, -0.15) is 0 Å². The summed E-state index contributed by atoms with van der Waals surface area (Å²) in [5.41, 5.74) is 2.55. The summed E-state index contributed by atoms with van der Waals surface area (Å²) in [6, 6.07) is 22.8. The van der Waals surface area contributed by atoms with E-state index in [0.717, 1.165) is 42.6 Å².